The van der Waals surface area contributed by atoms with Crippen LogP contribution in [0.25, 0.3) is 0 Å². The molecule has 1 aliphatic carbocycles. The fraction of sp³-hybridized carbons (Fsp3) is 0.545. The number of ether oxygens (including phenoxy) is 3. The number of hydrogen-bond acceptors (Lipinski definition) is 3. The molecule has 1 atom stereocenters. The summed E-state index contributed by atoms with van der Waals surface area (Å²) < 4.78 is 16.7. The molecular formula is C22H32O3. The van der Waals surface area contributed by atoms with Gasteiger partial charge in [-0.2, -0.15) is 0 Å². The molecule has 0 bridgehead atoms. The molecule has 0 aromatic heterocycles. The highest BCUT2D eigenvalue weighted by atomic mass is 16.5. The minimum absolute atomic E-state index is 0.310. The zero-order valence-corrected chi connectivity index (χ0v) is 16.3. The summed E-state index contributed by atoms with van der Waals surface area (Å²) in [5, 5.41) is 0. The fourth-order valence-electron chi connectivity index (χ4n) is 2.85. The zero-order chi connectivity index (χ0) is 18.3. The Morgan fingerprint density at radius 3 is 2.20 bits per heavy atom. The van der Waals surface area contributed by atoms with Gasteiger partial charge in [0.2, 0.25) is 0 Å². The van der Waals surface area contributed by atoms with Gasteiger partial charge in [0.05, 0.1) is 12.4 Å². The van der Waals surface area contributed by atoms with Crippen LogP contribution in [0, 0.1) is 11.3 Å². The summed E-state index contributed by atoms with van der Waals surface area (Å²) in [6, 6.07) is 7.98. The lowest BCUT2D eigenvalue weighted by atomic mass is 9.75. The molecule has 0 aliphatic heterocycles. The molecule has 3 heteroatoms. The Morgan fingerprint density at radius 2 is 1.64 bits per heavy atom. The maximum atomic E-state index is 5.85. The summed E-state index contributed by atoms with van der Waals surface area (Å²) in [5.41, 5.74) is 2.97. The van der Waals surface area contributed by atoms with Crippen LogP contribution in [0.2, 0.25) is 0 Å². The van der Waals surface area contributed by atoms with Crippen LogP contribution in [0.3, 0.4) is 0 Å². The van der Waals surface area contributed by atoms with Gasteiger partial charge in [-0.3, -0.25) is 0 Å². The second kappa shape index (κ2) is 9.10. The maximum absolute atomic E-state index is 5.85. The summed E-state index contributed by atoms with van der Waals surface area (Å²) in [6.07, 6.45) is 6.44. The van der Waals surface area contributed by atoms with Gasteiger partial charge in [-0.05, 0) is 41.5 Å². The molecule has 1 unspecified atom stereocenters. The van der Waals surface area contributed by atoms with Crippen LogP contribution in [0.5, 0.6) is 5.75 Å². The Hall–Kier alpha value is -1.74. The van der Waals surface area contributed by atoms with Crippen LogP contribution in [-0.2, 0) is 16.1 Å². The van der Waals surface area contributed by atoms with Crippen LogP contribution in [0.15, 0.2) is 47.7 Å². The highest BCUT2D eigenvalue weighted by Gasteiger charge is 2.24. The normalized spacial score (nSPS) is 16.0. The van der Waals surface area contributed by atoms with Gasteiger partial charge in [0.1, 0.15) is 19.0 Å². The van der Waals surface area contributed by atoms with E-state index in [0.29, 0.717) is 31.2 Å². The number of rotatable bonds is 8. The van der Waals surface area contributed by atoms with E-state index in [1.165, 1.54) is 5.57 Å². The van der Waals surface area contributed by atoms with Crippen molar-refractivity contribution >= 4 is 0 Å². The van der Waals surface area contributed by atoms with Gasteiger partial charge in [-0.15, -0.1) is 0 Å². The summed E-state index contributed by atoms with van der Waals surface area (Å²) in [6.45, 7) is 11.0. The first-order valence-corrected chi connectivity index (χ1v) is 9.13. The van der Waals surface area contributed by atoms with Crippen LogP contribution in [-0.4, -0.2) is 20.3 Å². The molecule has 2 rings (SSSR count). The van der Waals surface area contributed by atoms with Crippen LogP contribution < -0.4 is 4.74 Å². The highest BCUT2D eigenvalue weighted by molar-refractivity contribution is 5.27. The summed E-state index contributed by atoms with van der Waals surface area (Å²) in [7, 11) is 1.70. The second-order valence-corrected chi connectivity index (χ2v) is 7.74. The van der Waals surface area contributed by atoms with Gasteiger partial charge >= 0.3 is 0 Å². The smallest absolute Gasteiger partial charge is 0.122 e. The van der Waals surface area contributed by atoms with Crippen molar-refractivity contribution in [2.75, 3.05) is 20.3 Å². The van der Waals surface area contributed by atoms with Gasteiger partial charge in [0.15, 0.2) is 0 Å². The molecule has 0 amide bonds. The number of benzene rings is 1. The molecule has 0 radical (unpaired) electrons. The topological polar surface area (TPSA) is 27.7 Å². The lowest BCUT2D eigenvalue weighted by Crippen LogP contribution is -2.20. The van der Waals surface area contributed by atoms with Crippen molar-refractivity contribution in [3.8, 4) is 5.75 Å². The maximum Gasteiger partial charge on any atom is 0.122 e. The number of allylic oxidation sites excluding steroid dienone is 4. The molecule has 1 aromatic rings. The quantitative estimate of drug-likeness (QED) is 0.582. The molecule has 0 saturated heterocycles. The second-order valence-electron chi connectivity index (χ2n) is 7.74. The van der Waals surface area contributed by atoms with Gasteiger partial charge in [-0.1, -0.05) is 51.5 Å². The molecule has 0 spiro atoms. The summed E-state index contributed by atoms with van der Waals surface area (Å²) in [5.74, 6) is 2.51. The van der Waals surface area contributed by atoms with E-state index in [1.807, 2.05) is 24.3 Å². The van der Waals surface area contributed by atoms with Crippen molar-refractivity contribution in [2.45, 2.75) is 47.1 Å². The van der Waals surface area contributed by atoms with E-state index in [9.17, 15) is 0 Å². The third-order valence-electron chi connectivity index (χ3n) is 4.87. The fourth-order valence-corrected chi connectivity index (χ4v) is 2.85. The Bertz CT molecular complexity index is 591. The average molecular weight is 344 g/mol. The predicted octanol–water partition coefficient (Wildman–Crippen LogP) is 5.51. The van der Waals surface area contributed by atoms with E-state index < -0.39 is 0 Å². The molecule has 0 heterocycles. The Morgan fingerprint density at radius 1 is 0.960 bits per heavy atom. The lowest BCUT2D eigenvalue weighted by Gasteiger charge is -2.31. The van der Waals surface area contributed by atoms with Crippen LogP contribution in [0.1, 0.15) is 46.1 Å². The van der Waals surface area contributed by atoms with Gasteiger partial charge < -0.3 is 14.2 Å². The van der Waals surface area contributed by atoms with Gasteiger partial charge in [0, 0.05) is 13.5 Å². The summed E-state index contributed by atoms with van der Waals surface area (Å²) in [4.78, 5) is 0. The first-order valence-electron chi connectivity index (χ1n) is 9.13. The van der Waals surface area contributed by atoms with Gasteiger partial charge in [-0.25, -0.2) is 0 Å². The molecule has 138 valence electrons. The minimum Gasteiger partial charge on any atom is -0.494 e. The molecule has 25 heavy (non-hydrogen) atoms. The van der Waals surface area contributed by atoms with E-state index in [0.717, 1.165) is 29.9 Å². The van der Waals surface area contributed by atoms with Crippen LogP contribution >= 0.6 is 0 Å². The first-order chi connectivity index (χ1) is 11.9. The molecule has 0 fully saturated rings. The molecular weight excluding hydrogens is 312 g/mol. The zero-order valence-electron chi connectivity index (χ0n) is 16.3. The van der Waals surface area contributed by atoms with E-state index in [-0.39, 0.29) is 0 Å². The van der Waals surface area contributed by atoms with Crippen molar-refractivity contribution in [3.05, 3.63) is 53.3 Å². The number of hydrogen-bond donors (Lipinski definition) is 0. The third kappa shape index (κ3) is 6.24. The Labute approximate surface area is 152 Å². The predicted molar refractivity (Wildman–Crippen MR) is 103 cm³/mol. The van der Waals surface area contributed by atoms with E-state index in [4.69, 9.17) is 14.2 Å². The van der Waals surface area contributed by atoms with Crippen LogP contribution in [0.4, 0.5) is 0 Å². The van der Waals surface area contributed by atoms with E-state index in [2.05, 4.69) is 39.8 Å². The molecule has 0 N–H and O–H groups in total. The van der Waals surface area contributed by atoms with Crippen molar-refractivity contribution < 1.29 is 14.2 Å². The Kier molecular flexibility index (Phi) is 7.12. The van der Waals surface area contributed by atoms with Crippen molar-refractivity contribution in [1.29, 1.82) is 0 Å². The molecule has 1 aromatic carbocycles. The highest BCUT2D eigenvalue weighted by Crippen LogP contribution is 2.36. The standard InChI is InChI=1S/C22H32O3/c1-17(22(2,3)4)19-8-12-21(13-9-19)25-15-14-24-20-10-6-18(7-11-20)16-23-5/h6-8,10-12,17H,9,13-16H2,1-5H3. The third-order valence-corrected chi connectivity index (χ3v) is 4.87. The first kappa shape index (κ1) is 19.6. The largest absolute Gasteiger partial charge is 0.494 e. The average Bonchev–Trinajstić information content (AvgIpc) is 2.59. The van der Waals surface area contributed by atoms with E-state index >= 15 is 0 Å². The monoisotopic (exact) mass is 344 g/mol. The lowest BCUT2D eigenvalue weighted by molar-refractivity contribution is 0.148. The van der Waals surface area contributed by atoms with E-state index in [1.54, 1.807) is 7.11 Å². The minimum atomic E-state index is 0.310. The summed E-state index contributed by atoms with van der Waals surface area (Å²) >= 11 is 0. The molecule has 3 nitrogen and oxygen atoms in total. The number of methoxy groups -OCH3 is 1. The van der Waals surface area contributed by atoms with Crippen molar-refractivity contribution in [1.82, 2.24) is 0 Å². The Balaban J connectivity index is 1.73. The molecule has 1 aliphatic rings. The molecule has 0 saturated carbocycles. The SMILES string of the molecule is COCc1ccc(OCCOC2=CC=C(C(C)C(C)(C)C)CC2)cc1. The van der Waals surface area contributed by atoms with Crippen molar-refractivity contribution in [3.63, 3.8) is 0 Å². The van der Waals surface area contributed by atoms with Gasteiger partial charge in [0.25, 0.3) is 0 Å². The van der Waals surface area contributed by atoms with Crippen molar-refractivity contribution in [2.24, 2.45) is 11.3 Å².